The fraction of sp³-hybridized carbons (Fsp3) is 0.333. The van der Waals surface area contributed by atoms with Crippen molar-refractivity contribution in [2.45, 2.75) is 6.42 Å². The van der Waals surface area contributed by atoms with Gasteiger partial charge in [0.05, 0.1) is 12.5 Å². The van der Waals surface area contributed by atoms with E-state index in [9.17, 15) is 4.79 Å². The fourth-order valence-electron chi connectivity index (χ4n) is 1.07. The van der Waals surface area contributed by atoms with Gasteiger partial charge in [-0.15, -0.1) is 0 Å². The highest BCUT2D eigenvalue weighted by molar-refractivity contribution is 5.77. The quantitative estimate of drug-likeness (QED) is 0.763. The Labute approximate surface area is 95.0 Å². The van der Waals surface area contributed by atoms with Crippen LogP contribution in [0.25, 0.3) is 0 Å². The molecule has 0 spiro atoms. The van der Waals surface area contributed by atoms with Gasteiger partial charge in [-0.25, -0.2) is 0 Å². The molecule has 0 aliphatic carbocycles. The molecule has 0 saturated carbocycles. The third-order valence-corrected chi connectivity index (χ3v) is 2.07. The minimum Gasteiger partial charge on any atom is -0.484 e. The van der Waals surface area contributed by atoms with Crippen molar-refractivity contribution >= 4 is 5.91 Å². The van der Waals surface area contributed by atoms with E-state index in [2.05, 4.69) is 6.07 Å². The van der Waals surface area contributed by atoms with E-state index in [-0.39, 0.29) is 12.5 Å². The number of carbonyl (C=O) groups is 1. The highest BCUT2D eigenvalue weighted by atomic mass is 16.5. The lowest BCUT2D eigenvalue weighted by Gasteiger charge is -2.11. The first-order valence-electron chi connectivity index (χ1n) is 4.92. The molecule has 0 atom stereocenters. The smallest absolute Gasteiger partial charge is 0.259 e. The number of ether oxygens (including phenoxy) is 1. The molecule has 0 aliphatic rings. The SMILES string of the molecule is CN(C)C(=O)COc1ccc(CC#N)cc1. The number of nitriles is 1. The minimum absolute atomic E-state index is 0.0323. The summed E-state index contributed by atoms with van der Waals surface area (Å²) >= 11 is 0. The van der Waals surface area contributed by atoms with E-state index in [1.165, 1.54) is 4.90 Å². The molecule has 0 radical (unpaired) electrons. The van der Waals surface area contributed by atoms with Crippen molar-refractivity contribution in [1.82, 2.24) is 4.90 Å². The molecule has 0 aliphatic heterocycles. The molecule has 0 unspecified atom stereocenters. The zero-order chi connectivity index (χ0) is 12.0. The Morgan fingerprint density at radius 3 is 2.50 bits per heavy atom. The maximum atomic E-state index is 11.2. The van der Waals surface area contributed by atoms with Crippen LogP contribution in [0.5, 0.6) is 5.75 Å². The van der Waals surface area contributed by atoms with Gasteiger partial charge in [0.25, 0.3) is 5.91 Å². The van der Waals surface area contributed by atoms with Crippen LogP contribution in [0.2, 0.25) is 0 Å². The average Bonchev–Trinajstić information content (AvgIpc) is 2.28. The van der Waals surface area contributed by atoms with Gasteiger partial charge < -0.3 is 9.64 Å². The molecule has 16 heavy (non-hydrogen) atoms. The first-order chi connectivity index (χ1) is 7.63. The van der Waals surface area contributed by atoms with Gasteiger partial charge in [-0.3, -0.25) is 4.79 Å². The van der Waals surface area contributed by atoms with Gasteiger partial charge in [0, 0.05) is 14.1 Å². The lowest BCUT2D eigenvalue weighted by Crippen LogP contribution is -2.27. The lowest BCUT2D eigenvalue weighted by atomic mass is 10.2. The summed E-state index contributed by atoms with van der Waals surface area (Å²) in [6.45, 7) is 0.0323. The molecule has 0 saturated heterocycles. The van der Waals surface area contributed by atoms with E-state index < -0.39 is 0 Å². The molecule has 1 rings (SSSR count). The van der Waals surface area contributed by atoms with Crippen molar-refractivity contribution in [2.24, 2.45) is 0 Å². The van der Waals surface area contributed by atoms with E-state index >= 15 is 0 Å². The van der Waals surface area contributed by atoms with E-state index in [0.717, 1.165) is 5.56 Å². The van der Waals surface area contributed by atoms with Gasteiger partial charge in [0.15, 0.2) is 6.61 Å². The van der Waals surface area contributed by atoms with Gasteiger partial charge in [-0.05, 0) is 17.7 Å². The van der Waals surface area contributed by atoms with Gasteiger partial charge in [-0.1, -0.05) is 12.1 Å². The van der Waals surface area contributed by atoms with Crippen molar-refractivity contribution in [2.75, 3.05) is 20.7 Å². The molecular formula is C12H14N2O2. The second-order valence-corrected chi connectivity index (χ2v) is 3.56. The molecule has 0 heterocycles. The summed E-state index contributed by atoms with van der Waals surface area (Å²) in [5.74, 6) is 0.554. The monoisotopic (exact) mass is 218 g/mol. The van der Waals surface area contributed by atoms with Gasteiger partial charge in [-0.2, -0.15) is 5.26 Å². The lowest BCUT2D eigenvalue weighted by molar-refractivity contribution is -0.130. The number of nitrogens with zero attached hydrogens (tertiary/aromatic N) is 2. The molecule has 0 fully saturated rings. The van der Waals surface area contributed by atoms with Gasteiger partial charge in [0.2, 0.25) is 0 Å². The molecule has 0 aromatic heterocycles. The number of likely N-dealkylation sites (N-methyl/N-ethyl adjacent to an activating group) is 1. The van der Waals surface area contributed by atoms with Crippen molar-refractivity contribution in [3.8, 4) is 11.8 Å². The first-order valence-corrected chi connectivity index (χ1v) is 4.92. The molecule has 0 bridgehead atoms. The molecule has 84 valence electrons. The number of hydrogen-bond acceptors (Lipinski definition) is 3. The average molecular weight is 218 g/mol. The van der Waals surface area contributed by atoms with Crippen LogP contribution in [0, 0.1) is 11.3 Å². The third kappa shape index (κ3) is 3.62. The van der Waals surface area contributed by atoms with E-state index in [1.54, 1.807) is 26.2 Å². The van der Waals surface area contributed by atoms with Crippen molar-refractivity contribution in [3.05, 3.63) is 29.8 Å². The number of benzene rings is 1. The van der Waals surface area contributed by atoms with Gasteiger partial charge in [0.1, 0.15) is 5.75 Å². The van der Waals surface area contributed by atoms with Crippen molar-refractivity contribution in [3.63, 3.8) is 0 Å². The van der Waals surface area contributed by atoms with Crippen molar-refractivity contribution in [1.29, 1.82) is 5.26 Å². The molecular weight excluding hydrogens is 204 g/mol. The first kappa shape index (κ1) is 12.1. The zero-order valence-electron chi connectivity index (χ0n) is 9.43. The Bertz CT molecular complexity index is 390. The predicted octanol–water partition coefficient (Wildman–Crippen LogP) is 1.22. The molecule has 4 nitrogen and oxygen atoms in total. The molecule has 0 N–H and O–H groups in total. The summed E-state index contributed by atoms with van der Waals surface area (Å²) in [6.07, 6.45) is 0.386. The summed E-state index contributed by atoms with van der Waals surface area (Å²) in [7, 11) is 3.36. The third-order valence-electron chi connectivity index (χ3n) is 2.07. The maximum Gasteiger partial charge on any atom is 0.259 e. The number of rotatable bonds is 4. The maximum absolute atomic E-state index is 11.2. The van der Waals surface area contributed by atoms with Gasteiger partial charge >= 0.3 is 0 Å². The molecule has 1 aromatic carbocycles. The summed E-state index contributed by atoms with van der Waals surface area (Å²) in [5.41, 5.74) is 0.939. The summed E-state index contributed by atoms with van der Waals surface area (Å²) in [6, 6.07) is 9.22. The Kier molecular flexibility index (Phi) is 4.34. The highest BCUT2D eigenvalue weighted by Gasteiger charge is 2.04. The van der Waals surface area contributed by atoms with Crippen LogP contribution in [0.15, 0.2) is 24.3 Å². The van der Waals surface area contributed by atoms with Crippen LogP contribution in [0.4, 0.5) is 0 Å². The van der Waals surface area contributed by atoms with Crippen LogP contribution >= 0.6 is 0 Å². The van der Waals surface area contributed by atoms with Crippen molar-refractivity contribution < 1.29 is 9.53 Å². The van der Waals surface area contributed by atoms with Crippen LogP contribution in [0.1, 0.15) is 5.56 Å². The van der Waals surface area contributed by atoms with Crippen LogP contribution < -0.4 is 4.74 Å². The molecule has 1 aromatic rings. The molecule has 4 heteroatoms. The Morgan fingerprint density at radius 1 is 1.38 bits per heavy atom. The largest absolute Gasteiger partial charge is 0.484 e. The second kappa shape index (κ2) is 5.76. The summed E-state index contributed by atoms with van der Waals surface area (Å²) in [5, 5.41) is 8.49. The predicted molar refractivity (Wildman–Crippen MR) is 59.9 cm³/mol. The normalized spacial score (nSPS) is 9.31. The number of carbonyl (C=O) groups excluding carboxylic acids is 1. The van der Waals surface area contributed by atoms with E-state index in [0.29, 0.717) is 12.2 Å². The topological polar surface area (TPSA) is 53.3 Å². The second-order valence-electron chi connectivity index (χ2n) is 3.56. The van der Waals surface area contributed by atoms with Crippen LogP contribution in [-0.2, 0) is 11.2 Å². The zero-order valence-corrected chi connectivity index (χ0v) is 9.43. The summed E-state index contributed by atoms with van der Waals surface area (Å²) < 4.78 is 5.29. The summed E-state index contributed by atoms with van der Waals surface area (Å²) in [4.78, 5) is 12.7. The standard InChI is InChI=1S/C12H14N2O2/c1-14(2)12(15)9-16-11-5-3-10(4-6-11)7-8-13/h3-6H,7,9H2,1-2H3. The number of amides is 1. The van der Waals surface area contributed by atoms with Crippen LogP contribution in [0.3, 0.4) is 0 Å². The van der Waals surface area contributed by atoms with E-state index in [1.807, 2.05) is 12.1 Å². The van der Waals surface area contributed by atoms with Crippen LogP contribution in [-0.4, -0.2) is 31.5 Å². The fourth-order valence-corrected chi connectivity index (χ4v) is 1.07. The Balaban J connectivity index is 2.50. The Morgan fingerprint density at radius 2 is 2.00 bits per heavy atom. The molecule has 1 amide bonds. The minimum atomic E-state index is -0.0823. The highest BCUT2D eigenvalue weighted by Crippen LogP contribution is 2.12. The number of hydrogen-bond donors (Lipinski definition) is 0. The van der Waals surface area contributed by atoms with E-state index in [4.69, 9.17) is 10.00 Å². The Hall–Kier alpha value is -2.02.